The Hall–Kier alpha value is 0.354. The van der Waals surface area contributed by atoms with E-state index in [4.69, 9.17) is 9.16 Å². The van der Waals surface area contributed by atoms with Gasteiger partial charge in [0.2, 0.25) is 0 Å². The molecule has 2 nitrogen and oxygen atoms in total. The monoisotopic (exact) mass is 218 g/mol. The van der Waals surface area contributed by atoms with Crippen LogP contribution in [-0.2, 0) is 9.16 Å². The topological polar surface area (TPSA) is 18.5 Å². The van der Waals surface area contributed by atoms with Crippen LogP contribution in [-0.4, -0.2) is 36.4 Å². The lowest BCUT2D eigenvalue weighted by molar-refractivity contribution is 0.0636. The Kier molecular flexibility index (Phi) is 4.65. The van der Waals surface area contributed by atoms with E-state index in [0.29, 0.717) is 5.73 Å². The number of rotatable bonds is 4. The van der Waals surface area contributed by atoms with E-state index in [0.717, 1.165) is 12.8 Å². The van der Waals surface area contributed by atoms with Crippen LogP contribution < -0.4 is 0 Å². The van der Waals surface area contributed by atoms with Crippen molar-refractivity contribution >= 4 is 17.8 Å². The standard InChI is InChI=1S/C9H22O2Si2/c1-13(2,3)11-8-12-9-6-4-5-7-10-9/h9H,4-8,12H2,1-3H3. The molecule has 1 unspecified atom stereocenters. The Morgan fingerprint density at radius 1 is 1.38 bits per heavy atom. The molecule has 1 heterocycles. The molecule has 1 atom stereocenters. The summed E-state index contributed by atoms with van der Waals surface area (Å²) in [6.45, 7) is 7.75. The van der Waals surface area contributed by atoms with E-state index in [2.05, 4.69) is 19.6 Å². The van der Waals surface area contributed by atoms with E-state index in [9.17, 15) is 0 Å². The van der Waals surface area contributed by atoms with Gasteiger partial charge in [-0.3, -0.25) is 0 Å². The molecule has 0 bridgehead atoms. The molecule has 0 saturated carbocycles. The molecule has 13 heavy (non-hydrogen) atoms. The summed E-state index contributed by atoms with van der Waals surface area (Å²) < 4.78 is 11.5. The van der Waals surface area contributed by atoms with Gasteiger partial charge in [0.1, 0.15) is 0 Å². The summed E-state index contributed by atoms with van der Waals surface area (Å²) in [7, 11) is -1.39. The Bertz CT molecular complexity index is 139. The van der Waals surface area contributed by atoms with E-state index < -0.39 is 8.32 Å². The minimum atomic E-state index is -1.26. The fourth-order valence-corrected chi connectivity index (χ4v) is 5.63. The Labute approximate surface area is 85.0 Å². The SMILES string of the molecule is C[Si](C)(C)OC[SiH2]C1CCCCO1. The highest BCUT2D eigenvalue weighted by Crippen LogP contribution is 2.12. The molecule has 0 spiro atoms. The van der Waals surface area contributed by atoms with E-state index >= 15 is 0 Å². The first-order valence-electron chi connectivity index (χ1n) is 5.33. The van der Waals surface area contributed by atoms with Crippen LogP contribution in [0.5, 0.6) is 0 Å². The van der Waals surface area contributed by atoms with Gasteiger partial charge in [0.05, 0.1) is 9.52 Å². The van der Waals surface area contributed by atoms with Crippen molar-refractivity contribution in [3.8, 4) is 0 Å². The van der Waals surface area contributed by atoms with Gasteiger partial charge in [-0.05, 0) is 38.9 Å². The zero-order chi connectivity index (χ0) is 9.73. The van der Waals surface area contributed by atoms with Gasteiger partial charge in [-0.2, -0.15) is 0 Å². The molecular formula is C9H22O2Si2. The molecule has 0 aromatic rings. The van der Waals surface area contributed by atoms with Crippen molar-refractivity contribution in [2.45, 2.75) is 44.6 Å². The maximum Gasteiger partial charge on any atom is 0.183 e. The van der Waals surface area contributed by atoms with Gasteiger partial charge in [0.15, 0.2) is 8.32 Å². The molecule has 1 aliphatic heterocycles. The second-order valence-corrected chi connectivity index (χ2v) is 11.1. The highest BCUT2D eigenvalue weighted by atomic mass is 28.4. The van der Waals surface area contributed by atoms with Gasteiger partial charge in [-0.15, -0.1) is 0 Å². The van der Waals surface area contributed by atoms with Crippen molar-refractivity contribution in [3.05, 3.63) is 0 Å². The van der Waals surface area contributed by atoms with Crippen molar-refractivity contribution in [2.24, 2.45) is 0 Å². The van der Waals surface area contributed by atoms with Gasteiger partial charge in [0, 0.05) is 18.6 Å². The second-order valence-electron chi connectivity index (χ2n) is 4.74. The Morgan fingerprint density at radius 2 is 2.15 bits per heavy atom. The fourth-order valence-electron chi connectivity index (χ4n) is 1.53. The summed E-state index contributed by atoms with van der Waals surface area (Å²) in [6, 6.07) is 0. The molecule has 0 N–H and O–H groups in total. The number of hydrogen-bond donors (Lipinski definition) is 0. The van der Waals surface area contributed by atoms with Gasteiger partial charge in [-0.1, -0.05) is 0 Å². The summed E-state index contributed by atoms with van der Waals surface area (Å²) in [5.74, 6) is 0. The molecule has 0 radical (unpaired) electrons. The third-order valence-electron chi connectivity index (χ3n) is 2.25. The molecule has 78 valence electrons. The smallest absolute Gasteiger partial charge is 0.183 e. The molecular weight excluding hydrogens is 196 g/mol. The second kappa shape index (κ2) is 5.29. The van der Waals surface area contributed by atoms with Crippen LogP contribution in [0.4, 0.5) is 0 Å². The lowest BCUT2D eigenvalue weighted by atomic mass is 10.2. The normalized spacial score (nSPS) is 25.6. The highest BCUT2D eigenvalue weighted by molar-refractivity contribution is 6.70. The maximum atomic E-state index is 5.85. The minimum Gasteiger partial charge on any atom is -0.421 e. The van der Waals surface area contributed by atoms with Gasteiger partial charge >= 0.3 is 0 Å². The van der Waals surface area contributed by atoms with Gasteiger partial charge in [-0.25, -0.2) is 0 Å². The summed E-state index contributed by atoms with van der Waals surface area (Å²) in [6.07, 6.45) is 4.95. The maximum absolute atomic E-state index is 5.85. The molecule has 1 aliphatic rings. The highest BCUT2D eigenvalue weighted by Gasteiger charge is 2.17. The first-order chi connectivity index (χ1) is 6.08. The largest absolute Gasteiger partial charge is 0.421 e. The average Bonchev–Trinajstić information content (AvgIpc) is 2.04. The lowest BCUT2D eigenvalue weighted by Crippen LogP contribution is -2.33. The minimum absolute atomic E-state index is 0.124. The van der Waals surface area contributed by atoms with Crippen LogP contribution in [0.3, 0.4) is 0 Å². The lowest BCUT2D eigenvalue weighted by Gasteiger charge is -2.24. The Morgan fingerprint density at radius 3 is 2.69 bits per heavy atom. The third kappa shape index (κ3) is 5.62. The van der Waals surface area contributed by atoms with Crippen LogP contribution in [0, 0.1) is 0 Å². The molecule has 0 aromatic heterocycles. The van der Waals surface area contributed by atoms with Crippen molar-refractivity contribution in [3.63, 3.8) is 0 Å². The molecule has 1 rings (SSSR count). The molecule has 0 aromatic carbocycles. The fraction of sp³-hybridized carbons (Fsp3) is 1.00. The quantitative estimate of drug-likeness (QED) is 0.666. The van der Waals surface area contributed by atoms with E-state index in [-0.39, 0.29) is 9.52 Å². The zero-order valence-corrected chi connectivity index (χ0v) is 11.6. The van der Waals surface area contributed by atoms with Crippen molar-refractivity contribution in [1.82, 2.24) is 0 Å². The molecule has 1 saturated heterocycles. The van der Waals surface area contributed by atoms with E-state index in [1.54, 1.807) is 0 Å². The summed E-state index contributed by atoms with van der Waals surface area (Å²) in [5, 5.41) is 0. The first-order valence-corrected chi connectivity index (χ1v) is 10.6. The van der Waals surface area contributed by atoms with Crippen molar-refractivity contribution in [1.29, 1.82) is 0 Å². The predicted molar refractivity (Wildman–Crippen MR) is 61.4 cm³/mol. The van der Waals surface area contributed by atoms with Crippen LogP contribution in [0.25, 0.3) is 0 Å². The molecule has 1 fully saturated rings. The molecule has 0 amide bonds. The molecule has 4 heteroatoms. The predicted octanol–water partition coefficient (Wildman–Crippen LogP) is 1.49. The van der Waals surface area contributed by atoms with E-state index in [1.807, 2.05) is 0 Å². The van der Waals surface area contributed by atoms with Crippen LogP contribution >= 0.6 is 0 Å². The van der Waals surface area contributed by atoms with Crippen LogP contribution in [0.2, 0.25) is 19.6 Å². The summed E-state index contributed by atoms with van der Waals surface area (Å²) in [5.41, 5.74) is 0.616. The Balaban J connectivity index is 2.04. The van der Waals surface area contributed by atoms with Crippen molar-refractivity contribution in [2.75, 3.05) is 12.8 Å². The third-order valence-corrected chi connectivity index (χ3v) is 5.46. The number of hydrogen-bond acceptors (Lipinski definition) is 2. The first kappa shape index (κ1) is 11.4. The van der Waals surface area contributed by atoms with Crippen LogP contribution in [0.15, 0.2) is 0 Å². The van der Waals surface area contributed by atoms with E-state index in [1.165, 1.54) is 19.3 Å². The zero-order valence-electron chi connectivity index (χ0n) is 9.14. The van der Waals surface area contributed by atoms with Crippen LogP contribution in [0.1, 0.15) is 19.3 Å². The molecule has 0 aliphatic carbocycles. The summed E-state index contributed by atoms with van der Waals surface area (Å²) in [4.78, 5) is 0. The number of ether oxygens (including phenoxy) is 1. The van der Waals surface area contributed by atoms with Gasteiger partial charge in [0.25, 0.3) is 0 Å². The average molecular weight is 218 g/mol. The van der Waals surface area contributed by atoms with Crippen molar-refractivity contribution < 1.29 is 9.16 Å². The van der Waals surface area contributed by atoms with Gasteiger partial charge < -0.3 is 9.16 Å². The summed E-state index contributed by atoms with van der Waals surface area (Å²) >= 11 is 0.